The van der Waals surface area contributed by atoms with Crippen LogP contribution in [0.4, 0.5) is 5.69 Å². The van der Waals surface area contributed by atoms with Crippen molar-refractivity contribution in [2.24, 2.45) is 5.73 Å². The number of ether oxygens (including phenoxy) is 1. The quantitative estimate of drug-likeness (QED) is 0.356. The van der Waals surface area contributed by atoms with Crippen LogP contribution < -0.4 is 15.8 Å². The Morgan fingerprint density at radius 3 is 2.55 bits per heavy atom. The van der Waals surface area contributed by atoms with Crippen LogP contribution >= 0.6 is 23.4 Å². The van der Waals surface area contributed by atoms with Crippen LogP contribution in [-0.2, 0) is 17.9 Å². The Hall–Kier alpha value is -3.30. The van der Waals surface area contributed by atoms with Crippen molar-refractivity contribution in [3.05, 3.63) is 77.5 Å². The van der Waals surface area contributed by atoms with E-state index in [2.05, 4.69) is 22.2 Å². The largest absolute Gasteiger partial charge is 0.487 e. The highest BCUT2D eigenvalue weighted by Crippen LogP contribution is 2.24. The lowest BCUT2D eigenvalue weighted by atomic mass is 10.2. The number of nitrogens with zero attached hydrogens (tertiary/aromatic N) is 3. The third kappa shape index (κ3) is 6.34. The number of aromatic nitrogens is 3. The number of rotatable bonds is 10. The molecule has 31 heavy (non-hydrogen) atoms. The van der Waals surface area contributed by atoms with Gasteiger partial charge < -0.3 is 15.8 Å². The molecule has 8 nitrogen and oxygen atoms in total. The topological polar surface area (TPSA) is 112 Å². The Kier molecular flexibility index (Phi) is 7.69. The van der Waals surface area contributed by atoms with Crippen LogP contribution in [0.5, 0.6) is 5.75 Å². The molecular formula is C21H20ClN5O3S. The first kappa shape index (κ1) is 22.4. The van der Waals surface area contributed by atoms with Crippen molar-refractivity contribution in [1.29, 1.82) is 0 Å². The summed E-state index contributed by atoms with van der Waals surface area (Å²) in [6, 6.07) is 13.4. The van der Waals surface area contributed by atoms with E-state index in [4.69, 9.17) is 22.1 Å². The maximum absolute atomic E-state index is 12.4. The van der Waals surface area contributed by atoms with Crippen molar-refractivity contribution in [1.82, 2.24) is 15.0 Å². The second kappa shape index (κ2) is 10.6. The fourth-order valence-corrected chi connectivity index (χ4v) is 3.55. The second-order valence-corrected chi connectivity index (χ2v) is 7.73. The molecule has 0 saturated carbocycles. The minimum Gasteiger partial charge on any atom is -0.487 e. The van der Waals surface area contributed by atoms with E-state index in [0.717, 1.165) is 0 Å². The number of halogens is 1. The maximum atomic E-state index is 12.4. The maximum Gasteiger partial charge on any atom is 0.248 e. The fourth-order valence-electron chi connectivity index (χ4n) is 2.56. The molecule has 0 bridgehead atoms. The van der Waals surface area contributed by atoms with Gasteiger partial charge in [-0.2, -0.15) is 0 Å². The molecule has 0 aliphatic carbocycles. The Morgan fingerprint density at radius 2 is 1.90 bits per heavy atom. The molecule has 2 amide bonds. The zero-order valence-corrected chi connectivity index (χ0v) is 18.0. The predicted octanol–water partition coefficient (Wildman–Crippen LogP) is 3.53. The van der Waals surface area contributed by atoms with Gasteiger partial charge in [-0.25, -0.2) is 4.68 Å². The number of thioether (sulfide) groups is 1. The summed E-state index contributed by atoms with van der Waals surface area (Å²) in [5.41, 5.74) is 6.77. The molecule has 0 aliphatic heterocycles. The molecule has 0 atom stereocenters. The van der Waals surface area contributed by atoms with E-state index in [1.807, 2.05) is 0 Å². The van der Waals surface area contributed by atoms with Crippen LogP contribution in [0, 0.1) is 0 Å². The highest BCUT2D eigenvalue weighted by atomic mass is 35.5. The number of carbonyl (C=O) groups is 2. The lowest BCUT2D eigenvalue weighted by Crippen LogP contribution is -2.15. The minimum absolute atomic E-state index is 0.135. The van der Waals surface area contributed by atoms with E-state index in [1.54, 1.807) is 59.3 Å². The van der Waals surface area contributed by atoms with E-state index in [0.29, 0.717) is 39.3 Å². The van der Waals surface area contributed by atoms with Gasteiger partial charge in [0.2, 0.25) is 11.8 Å². The summed E-state index contributed by atoms with van der Waals surface area (Å²) in [5.74, 6) is 0.0454. The lowest BCUT2D eigenvalue weighted by Gasteiger charge is -2.09. The van der Waals surface area contributed by atoms with Crippen molar-refractivity contribution in [3.8, 4) is 5.75 Å². The summed E-state index contributed by atoms with van der Waals surface area (Å²) >= 11 is 7.19. The van der Waals surface area contributed by atoms with Gasteiger partial charge in [0.1, 0.15) is 23.1 Å². The number of anilines is 1. The summed E-state index contributed by atoms with van der Waals surface area (Å²) in [7, 11) is 0. The van der Waals surface area contributed by atoms with Gasteiger partial charge in [-0.1, -0.05) is 34.7 Å². The van der Waals surface area contributed by atoms with E-state index in [9.17, 15) is 9.59 Å². The highest BCUT2D eigenvalue weighted by Gasteiger charge is 2.16. The van der Waals surface area contributed by atoms with Crippen molar-refractivity contribution >= 4 is 40.9 Å². The summed E-state index contributed by atoms with van der Waals surface area (Å²) in [4.78, 5) is 23.5. The monoisotopic (exact) mass is 457 g/mol. The molecule has 0 spiro atoms. The van der Waals surface area contributed by atoms with Crippen molar-refractivity contribution in [3.63, 3.8) is 0 Å². The smallest absolute Gasteiger partial charge is 0.248 e. The van der Waals surface area contributed by atoms with Crippen LogP contribution in [0.25, 0.3) is 0 Å². The molecule has 0 unspecified atom stereocenters. The van der Waals surface area contributed by atoms with Crippen LogP contribution in [-0.4, -0.2) is 32.6 Å². The molecule has 3 aromatic rings. The van der Waals surface area contributed by atoms with Crippen LogP contribution in [0.1, 0.15) is 16.1 Å². The molecule has 10 heteroatoms. The number of hydrogen-bond donors (Lipinski definition) is 2. The van der Waals surface area contributed by atoms with Crippen molar-refractivity contribution < 1.29 is 14.3 Å². The van der Waals surface area contributed by atoms with Gasteiger partial charge in [-0.05, 0) is 48.5 Å². The van der Waals surface area contributed by atoms with Gasteiger partial charge in [-0.15, -0.1) is 11.7 Å². The number of nitrogens with one attached hydrogen (secondary N) is 1. The molecule has 1 heterocycles. The number of allylic oxidation sites excluding steroid dienone is 1. The Morgan fingerprint density at radius 1 is 1.19 bits per heavy atom. The van der Waals surface area contributed by atoms with Crippen molar-refractivity contribution in [2.75, 3.05) is 11.1 Å². The molecule has 0 radical (unpaired) electrons. The number of hydrogen-bond acceptors (Lipinski definition) is 6. The third-order valence-corrected chi connectivity index (χ3v) is 5.42. The summed E-state index contributed by atoms with van der Waals surface area (Å²) in [6.45, 7) is 4.37. The van der Waals surface area contributed by atoms with E-state index < -0.39 is 5.91 Å². The molecule has 0 saturated heterocycles. The number of carbonyl (C=O) groups excluding carboxylic acids is 2. The van der Waals surface area contributed by atoms with Crippen LogP contribution in [0.2, 0.25) is 5.02 Å². The Balaban J connectivity index is 1.62. The van der Waals surface area contributed by atoms with Crippen LogP contribution in [0.15, 0.2) is 66.2 Å². The van der Waals surface area contributed by atoms with Gasteiger partial charge in [0, 0.05) is 16.3 Å². The van der Waals surface area contributed by atoms with Gasteiger partial charge in [0.25, 0.3) is 0 Å². The minimum atomic E-state index is -0.523. The van der Waals surface area contributed by atoms with Gasteiger partial charge in [-0.3, -0.25) is 9.59 Å². The average molecular weight is 458 g/mol. The van der Waals surface area contributed by atoms with Gasteiger partial charge >= 0.3 is 0 Å². The molecule has 3 N–H and O–H groups in total. The molecule has 0 fully saturated rings. The van der Waals surface area contributed by atoms with E-state index in [-0.39, 0.29) is 18.3 Å². The summed E-state index contributed by atoms with van der Waals surface area (Å²) in [6.07, 6.45) is 1.70. The van der Waals surface area contributed by atoms with E-state index >= 15 is 0 Å². The number of primary amides is 1. The van der Waals surface area contributed by atoms with E-state index in [1.165, 1.54) is 11.8 Å². The predicted molar refractivity (Wildman–Crippen MR) is 120 cm³/mol. The van der Waals surface area contributed by atoms with Gasteiger partial charge in [0.15, 0.2) is 0 Å². The standard InChI is InChI=1S/C21H20ClN5O3S/c1-2-11-27-21(18(25-26-27)12-30-17-9-5-15(22)6-10-17)31-13-19(28)24-16-7-3-14(4-8-16)20(23)29/h2-10H,1,11-13H2,(H2,23,29)(H,24,28). The molecule has 1 aromatic heterocycles. The average Bonchev–Trinajstić information content (AvgIpc) is 3.14. The molecular weight excluding hydrogens is 438 g/mol. The lowest BCUT2D eigenvalue weighted by molar-refractivity contribution is -0.113. The number of benzene rings is 2. The first-order valence-corrected chi connectivity index (χ1v) is 10.6. The molecule has 0 aliphatic rings. The highest BCUT2D eigenvalue weighted by molar-refractivity contribution is 8.00. The Bertz CT molecular complexity index is 1070. The molecule has 3 rings (SSSR count). The zero-order chi connectivity index (χ0) is 22.2. The molecule has 2 aromatic carbocycles. The van der Waals surface area contributed by atoms with Gasteiger partial charge in [0.05, 0.1) is 12.3 Å². The fraction of sp³-hybridized carbons (Fsp3) is 0.143. The summed E-state index contributed by atoms with van der Waals surface area (Å²) in [5, 5.41) is 12.4. The SMILES string of the molecule is C=CCn1nnc(COc2ccc(Cl)cc2)c1SCC(=O)Nc1ccc(C(N)=O)cc1. The first-order valence-electron chi connectivity index (χ1n) is 9.20. The Labute approximate surface area is 188 Å². The summed E-state index contributed by atoms with van der Waals surface area (Å²) < 4.78 is 7.42. The molecule has 160 valence electrons. The number of nitrogens with two attached hydrogens (primary N) is 1. The number of amides is 2. The zero-order valence-electron chi connectivity index (χ0n) is 16.5. The van der Waals surface area contributed by atoms with Crippen molar-refractivity contribution in [2.45, 2.75) is 18.2 Å². The first-order chi connectivity index (χ1) is 15.0. The third-order valence-electron chi connectivity index (χ3n) is 4.04. The second-order valence-electron chi connectivity index (χ2n) is 6.33. The van der Waals surface area contributed by atoms with Crippen LogP contribution in [0.3, 0.4) is 0 Å². The normalized spacial score (nSPS) is 10.5.